The lowest BCUT2D eigenvalue weighted by atomic mass is 9.69. The Bertz CT molecular complexity index is 1390. The molecule has 200 valence electrons. The van der Waals surface area contributed by atoms with E-state index in [0.29, 0.717) is 10.4 Å². The van der Waals surface area contributed by atoms with Crippen LogP contribution in [0, 0.1) is 11.8 Å². The van der Waals surface area contributed by atoms with Crippen LogP contribution in [0.25, 0.3) is 16.6 Å². The standard InChI is InChI=1S/C32H39ClN4O/c33-26-5-4-6-28-29(26)30(38)35-31-32(13-2-1-3-14-32)25-20-24(7-8-27(25)37(28)31)19-22-11-17-36(18-12-22)21-23-9-15-34-16-10-23/h4-8,20,22-23,34H,1-3,9-19,21H2. The molecule has 4 heterocycles. The molecule has 1 aliphatic carbocycles. The van der Waals surface area contributed by atoms with E-state index in [1.54, 1.807) is 6.07 Å². The molecule has 2 aromatic carbocycles. The molecular weight excluding hydrogens is 492 g/mol. The van der Waals surface area contributed by atoms with Gasteiger partial charge in [-0.1, -0.05) is 49.1 Å². The number of fused-ring (bicyclic) bond motifs is 7. The number of hydrogen-bond acceptors (Lipinski definition) is 4. The van der Waals surface area contributed by atoms with Gasteiger partial charge in [0.25, 0.3) is 5.56 Å². The summed E-state index contributed by atoms with van der Waals surface area (Å²) >= 11 is 6.51. The number of nitrogens with one attached hydrogen (secondary N) is 1. The molecule has 2 saturated heterocycles. The molecule has 1 N–H and O–H groups in total. The summed E-state index contributed by atoms with van der Waals surface area (Å²) in [5.74, 6) is 2.57. The second-order valence-electron chi connectivity index (χ2n) is 12.3. The summed E-state index contributed by atoms with van der Waals surface area (Å²) < 4.78 is 2.26. The summed E-state index contributed by atoms with van der Waals surface area (Å²) in [4.78, 5) is 20.7. The van der Waals surface area contributed by atoms with E-state index in [1.165, 1.54) is 94.5 Å². The predicted octanol–water partition coefficient (Wildman–Crippen LogP) is 5.86. The molecule has 7 rings (SSSR count). The summed E-state index contributed by atoms with van der Waals surface area (Å²) in [6.07, 6.45) is 12.2. The number of benzene rings is 2. The van der Waals surface area contributed by atoms with Gasteiger partial charge in [-0.05, 0) is 112 Å². The zero-order valence-electron chi connectivity index (χ0n) is 22.4. The highest BCUT2D eigenvalue weighted by atomic mass is 35.5. The number of halogens is 1. The van der Waals surface area contributed by atoms with Crippen molar-refractivity contribution in [3.8, 4) is 5.69 Å². The van der Waals surface area contributed by atoms with E-state index in [4.69, 9.17) is 16.6 Å². The van der Waals surface area contributed by atoms with Crippen molar-refractivity contribution in [1.82, 2.24) is 19.8 Å². The van der Waals surface area contributed by atoms with Gasteiger partial charge in [-0.2, -0.15) is 4.98 Å². The van der Waals surface area contributed by atoms with Gasteiger partial charge in [0.15, 0.2) is 0 Å². The fraction of sp³-hybridized carbons (Fsp3) is 0.562. The Hall–Kier alpha value is -2.21. The van der Waals surface area contributed by atoms with Crippen LogP contribution in [0.4, 0.5) is 0 Å². The van der Waals surface area contributed by atoms with Crippen molar-refractivity contribution < 1.29 is 0 Å². The first-order valence-electron chi connectivity index (χ1n) is 14.9. The molecule has 1 aromatic heterocycles. The van der Waals surface area contributed by atoms with Crippen LogP contribution in [-0.4, -0.2) is 47.2 Å². The van der Waals surface area contributed by atoms with Gasteiger partial charge in [0.1, 0.15) is 5.82 Å². The zero-order chi connectivity index (χ0) is 25.7. The summed E-state index contributed by atoms with van der Waals surface area (Å²) in [5.41, 5.74) is 4.58. The van der Waals surface area contributed by atoms with E-state index in [2.05, 4.69) is 33.0 Å². The molecule has 3 aromatic rings. The Kier molecular flexibility index (Phi) is 6.58. The number of nitrogens with zero attached hydrogens (tertiary/aromatic N) is 3. The third-order valence-corrected chi connectivity index (χ3v) is 10.3. The summed E-state index contributed by atoms with van der Waals surface area (Å²) in [7, 11) is 0. The van der Waals surface area contributed by atoms with Crippen LogP contribution < -0.4 is 10.9 Å². The molecule has 3 aliphatic heterocycles. The van der Waals surface area contributed by atoms with Crippen LogP contribution in [0.15, 0.2) is 41.2 Å². The minimum atomic E-state index is -0.189. The van der Waals surface area contributed by atoms with Crippen LogP contribution in [0.1, 0.15) is 74.7 Å². The highest BCUT2D eigenvalue weighted by Crippen LogP contribution is 2.51. The minimum absolute atomic E-state index is 0.155. The van der Waals surface area contributed by atoms with E-state index >= 15 is 0 Å². The third-order valence-electron chi connectivity index (χ3n) is 10.0. The van der Waals surface area contributed by atoms with Crippen molar-refractivity contribution in [2.45, 2.75) is 69.6 Å². The number of aromatic nitrogens is 2. The van der Waals surface area contributed by atoms with Crippen molar-refractivity contribution in [2.24, 2.45) is 11.8 Å². The first-order valence-corrected chi connectivity index (χ1v) is 15.3. The van der Waals surface area contributed by atoms with E-state index < -0.39 is 0 Å². The molecule has 6 heteroatoms. The lowest BCUT2D eigenvalue weighted by molar-refractivity contribution is 0.148. The second kappa shape index (κ2) is 10.1. The highest BCUT2D eigenvalue weighted by Gasteiger charge is 2.46. The lowest BCUT2D eigenvalue weighted by Gasteiger charge is -2.36. The van der Waals surface area contributed by atoms with E-state index in [9.17, 15) is 4.79 Å². The molecule has 0 atom stereocenters. The van der Waals surface area contributed by atoms with Crippen molar-refractivity contribution >= 4 is 22.5 Å². The van der Waals surface area contributed by atoms with Gasteiger partial charge in [-0.3, -0.25) is 9.36 Å². The van der Waals surface area contributed by atoms with Crippen LogP contribution in [0.2, 0.25) is 5.02 Å². The number of piperidine rings is 2. The maximum Gasteiger partial charge on any atom is 0.282 e. The molecule has 5 nitrogen and oxygen atoms in total. The zero-order valence-corrected chi connectivity index (χ0v) is 23.1. The minimum Gasteiger partial charge on any atom is -0.317 e. The van der Waals surface area contributed by atoms with Crippen molar-refractivity contribution in [1.29, 1.82) is 0 Å². The Morgan fingerprint density at radius 3 is 2.55 bits per heavy atom. The molecule has 0 bridgehead atoms. The average molecular weight is 531 g/mol. The normalized spacial score (nSPS) is 22.1. The van der Waals surface area contributed by atoms with Gasteiger partial charge in [-0.25, -0.2) is 0 Å². The van der Waals surface area contributed by atoms with Crippen LogP contribution in [-0.2, 0) is 11.8 Å². The van der Waals surface area contributed by atoms with E-state index in [1.807, 2.05) is 12.1 Å². The van der Waals surface area contributed by atoms with Crippen molar-refractivity contribution in [2.75, 3.05) is 32.7 Å². The molecule has 38 heavy (non-hydrogen) atoms. The fourth-order valence-electron chi connectivity index (χ4n) is 7.98. The van der Waals surface area contributed by atoms with E-state index in [0.717, 1.165) is 42.4 Å². The number of likely N-dealkylation sites (tertiary alicyclic amines) is 1. The quantitative estimate of drug-likeness (QED) is 0.459. The predicted molar refractivity (Wildman–Crippen MR) is 155 cm³/mol. The van der Waals surface area contributed by atoms with Gasteiger partial charge in [-0.15, -0.1) is 0 Å². The Morgan fingerprint density at radius 2 is 1.76 bits per heavy atom. The maximum absolute atomic E-state index is 13.2. The largest absolute Gasteiger partial charge is 0.317 e. The Balaban J connectivity index is 1.17. The molecule has 1 saturated carbocycles. The van der Waals surface area contributed by atoms with Crippen LogP contribution >= 0.6 is 11.6 Å². The number of rotatable bonds is 4. The van der Waals surface area contributed by atoms with Crippen molar-refractivity contribution in [3.05, 3.63) is 68.7 Å². The SMILES string of the molecule is O=c1nc2n(c3cccc(Cl)c13)-c1ccc(CC3CCN(CC4CCNCC4)CC3)cc1C21CCCCC1. The van der Waals surface area contributed by atoms with Crippen LogP contribution in [0.5, 0.6) is 0 Å². The number of hydrogen-bond donors (Lipinski definition) is 1. The average Bonchev–Trinajstić information content (AvgIpc) is 3.19. The van der Waals surface area contributed by atoms with Gasteiger partial charge in [0.05, 0.1) is 27.0 Å². The molecular formula is C32H39ClN4O. The first-order chi connectivity index (χ1) is 18.6. The Morgan fingerprint density at radius 1 is 0.974 bits per heavy atom. The third kappa shape index (κ3) is 4.22. The summed E-state index contributed by atoms with van der Waals surface area (Å²) in [6, 6.07) is 12.9. The second-order valence-corrected chi connectivity index (χ2v) is 12.8. The smallest absolute Gasteiger partial charge is 0.282 e. The van der Waals surface area contributed by atoms with Crippen molar-refractivity contribution in [3.63, 3.8) is 0 Å². The first kappa shape index (κ1) is 24.8. The molecule has 3 fully saturated rings. The summed E-state index contributed by atoms with van der Waals surface area (Å²) in [6.45, 7) is 6.16. The molecule has 0 unspecified atom stereocenters. The molecule has 4 aliphatic rings. The summed E-state index contributed by atoms with van der Waals surface area (Å²) in [5, 5.41) is 4.53. The van der Waals surface area contributed by atoms with Gasteiger partial charge >= 0.3 is 0 Å². The van der Waals surface area contributed by atoms with E-state index in [-0.39, 0.29) is 11.0 Å². The maximum atomic E-state index is 13.2. The molecule has 1 spiro atoms. The van der Waals surface area contributed by atoms with Gasteiger partial charge in [0, 0.05) is 6.54 Å². The van der Waals surface area contributed by atoms with Gasteiger partial charge < -0.3 is 10.2 Å². The highest BCUT2D eigenvalue weighted by molar-refractivity contribution is 6.35. The monoisotopic (exact) mass is 530 g/mol. The fourth-order valence-corrected chi connectivity index (χ4v) is 8.24. The van der Waals surface area contributed by atoms with Gasteiger partial charge in [0.2, 0.25) is 0 Å². The van der Waals surface area contributed by atoms with Crippen LogP contribution in [0.3, 0.4) is 0 Å². The molecule has 0 radical (unpaired) electrons. The molecule has 0 amide bonds. The lowest BCUT2D eigenvalue weighted by Crippen LogP contribution is -2.40. The Labute approximate surface area is 230 Å². The topological polar surface area (TPSA) is 50.2 Å².